The summed E-state index contributed by atoms with van der Waals surface area (Å²) in [4.78, 5) is 3.98. The molecule has 1 heterocycles. The Bertz CT molecular complexity index is 482. The Morgan fingerprint density at radius 3 is 2.47 bits per heavy atom. The topological polar surface area (TPSA) is 77.0 Å². The van der Waals surface area contributed by atoms with Gasteiger partial charge in [0, 0.05) is 24.6 Å². The van der Waals surface area contributed by atoms with Crippen LogP contribution in [0.15, 0.2) is 42.7 Å². The van der Waals surface area contributed by atoms with E-state index in [4.69, 9.17) is 11.5 Å². The molecule has 0 bridgehead atoms. The lowest BCUT2D eigenvalue weighted by Gasteiger charge is -2.08. The standard InChI is InChI=1S/C13H16N4/c14-12-2-1-11(9-13(12)15)17-8-5-10-3-6-16-7-4-10/h1-4,6-7,9,17H,5,8,14-15H2. The van der Waals surface area contributed by atoms with Crippen molar-refractivity contribution in [1.82, 2.24) is 4.98 Å². The normalized spacial score (nSPS) is 10.1. The minimum atomic E-state index is 0.610. The minimum Gasteiger partial charge on any atom is -0.397 e. The number of hydrogen-bond donors (Lipinski definition) is 3. The molecule has 88 valence electrons. The van der Waals surface area contributed by atoms with Crippen LogP contribution >= 0.6 is 0 Å². The highest BCUT2D eigenvalue weighted by molar-refractivity contribution is 5.69. The number of nitrogens with two attached hydrogens (primary N) is 2. The van der Waals surface area contributed by atoms with Gasteiger partial charge in [0.1, 0.15) is 0 Å². The first-order valence-corrected chi connectivity index (χ1v) is 5.53. The Morgan fingerprint density at radius 1 is 1.00 bits per heavy atom. The summed E-state index contributed by atoms with van der Waals surface area (Å²) in [6.07, 6.45) is 4.56. The summed E-state index contributed by atoms with van der Waals surface area (Å²) in [6, 6.07) is 9.61. The van der Waals surface area contributed by atoms with Crippen LogP contribution in [0.4, 0.5) is 17.1 Å². The van der Waals surface area contributed by atoms with Crippen molar-refractivity contribution in [1.29, 1.82) is 0 Å². The number of aromatic nitrogens is 1. The molecule has 17 heavy (non-hydrogen) atoms. The van der Waals surface area contributed by atoms with Crippen molar-refractivity contribution in [3.05, 3.63) is 48.3 Å². The molecule has 1 aromatic heterocycles. The number of anilines is 3. The summed E-state index contributed by atoms with van der Waals surface area (Å²) in [6.45, 7) is 0.855. The van der Waals surface area contributed by atoms with Gasteiger partial charge >= 0.3 is 0 Å². The molecule has 0 aliphatic heterocycles. The summed E-state index contributed by atoms with van der Waals surface area (Å²) in [5.74, 6) is 0. The fourth-order valence-electron chi connectivity index (χ4n) is 1.59. The molecule has 0 saturated carbocycles. The summed E-state index contributed by atoms with van der Waals surface area (Å²) in [7, 11) is 0. The van der Waals surface area contributed by atoms with Gasteiger partial charge in [-0.25, -0.2) is 0 Å². The Kier molecular flexibility index (Phi) is 3.45. The maximum atomic E-state index is 5.73. The number of nitrogen functional groups attached to an aromatic ring is 2. The smallest absolute Gasteiger partial charge is 0.0568 e. The Hall–Kier alpha value is -2.23. The van der Waals surface area contributed by atoms with Gasteiger partial charge in [0.2, 0.25) is 0 Å². The Labute approximate surface area is 101 Å². The van der Waals surface area contributed by atoms with E-state index in [0.29, 0.717) is 11.4 Å². The molecule has 0 unspecified atom stereocenters. The predicted octanol–water partition coefficient (Wildman–Crippen LogP) is 1.90. The van der Waals surface area contributed by atoms with E-state index in [1.54, 1.807) is 12.4 Å². The van der Waals surface area contributed by atoms with Crippen LogP contribution < -0.4 is 16.8 Å². The molecule has 5 N–H and O–H groups in total. The molecule has 0 spiro atoms. The van der Waals surface area contributed by atoms with Gasteiger partial charge < -0.3 is 16.8 Å². The van der Waals surface area contributed by atoms with Crippen LogP contribution in [0.5, 0.6) is 0 Å². The zero-order valence-electron chi connectivity index (χ0n) is 9.56. The van der Waals surface area contributed by atoms with Gasteiger partial charge in [-0.05, 0) is 42.3 Å². The lowest BCUT2D eigenvalue weighted by atomic mass is 10.2. The van der Waals surface area contributed by atoms with Crippen LogP contribution in [0, 0.1) is 0 Å². The van der Waals surface area contributed by atoms with Gasteiger partial charge in [-0.2, -0.15) is 0 Å². The number of nitrogens with zero attached hydrogens (tertiary/aromatic N) is 1. The molecule has 0 aliphatic rings. The van der Waals surface area contributed by atoms with E-state index in [1.807, 2.05) is 30.3 Å². The molecule has 0 fully saturated rings. The second-order valence-electron chi connectivity index (χ2n) is 3.88. The first-order chi connectivity index (χ1) is 8.25. The van der Waals surface area contributed by atoms with E-state index in [-0.39, 0.29) is 0 Å². The third-order valence-electron chi connectivity index (χ3n) is 2.58. The van der Waals surface area contributed by atoms with Crippen LogP contribution in [0.2, 0.25) is 0 Å². The molecule has 0 atom stereocenters. The van der Waals surface area contributed by atoms with Crippen LogP contribution in [-0.2, 0) is 6.42 Å². The zero-order chi connectivity index (χ0) is 12.1. The number of hydrogen-bond acceptors (Lipinski definition) is 4. The van der Waals surface area contributed by atoms with Gasteiger partial charge in [0.05, 0.1) is 11.4 Å². The first-order valence-electron chi connectivity index (χ1n) is 5.53. The highest BCUT2D eigenvalue weighted by Gasteiger charge is 1.97. The first kappa shape index (κ1) is 11.3. The number of benzene rings is 1. The average Bonchev–Trinajstić information content (AvgIpc) is 2.35. The van der Waals surface area contributed by atoms with Crippen LogP contribution in [0.1, 0.15) is 5.56 Å². The third-order valence-corrected chi connectivity index (χ3v) is 2.58. The molecule has 2 aromatic rings. The zero-order valence-corrected chi connectivity index (χ0v) is 9.56. The highest BCUT2D eigenvalue weighted by atomic mass is 14.9. The van der Waals surface area contributed by atoms with Gasteiger partial charge in [-0.3, -0.25) is 4.98 Å². The quantitative estimate of drug-likeness (QED) is 0.698. The molecule has 0 amide bonds. The van der Waals surface area contributed by atoms with Gasteiger partial charge in [0.15, 0.2) is 0 Å². The number of rotatable bonds is 4. The minimum absolute atomic E-state index is 0.610. The second kappa shape index (κ2) is 5.21. The van der Waals surface area contributed by atoms with E-state index < -0.39 is 0 Å². The average molecular weight is 228 g/mol. The fourth-order valence-corrected chi connectivity index (χ4v) is 1.59. The maximum absolute atomic E-state index is 5.73. The molecule has 0 radical (unpaired) electrons. The molecule has 0 saturated heterocycles. The lowest BCUT2D eigenvalue weighted by molar-refractivity contribution is 1.01. The third kappa shape index (κ3) is 3.11. The summed E-state index contributed by atoms with van der Waals surface area (Å²) in [5.41, 5.74) is 14.9. The molecular weight excluding hydrogens is 212 g/mol. The van der Waals surface area contributed by atoms with Gasteiger partial charge in [-0.1, -0.05) is 0 Å². The van der Waals surface area contributed by atoms with Crippen molar-refractivity contribution in [2.75, 3.05) is 23.3 Å². The highest BCUT2D eigenvalue weighted by Crippen LogP contribution is 2.19. The summed E-state index contributed by atoms with van der Waals surface area (Å²) >= 11 is 0. The molecular formula is C13H16N4. The SMILES string of the molecule is Nc1ccc(NCCc2ccncc2)cc1N. The van der Waals surface area contributed by atoms with Crippen LogP contribution in [0.25, 0.3) is 0 Å². The van der Waals surface area contributed by atoms with Crippen LogP contribution in [0.3, 0.4) is 0 Å². The molecule has 4 heteroatoms. The molecule has 1 aromatic carbocycles. The fraction of sp³-hybridized carbons (Fsp3) is 0.154. The predicted molar refractivity (Wildman–Crippen MR) is 71.7 cm³/mol. The maximum Gasteiger partial charge on any atom is 0.0568 e. The molecule has 2 rings (SSSR count). The molecule has 0 aliphatic carbocycles. The lowest BCUT2D eigenvalue weighted by Crippen LogP contribution is -2.05. The van der Waals surface area contributed by atoms with E-state index in [9.17, 15) is 0 Å². The van der Waals surface area contributed by atoms with Crippen molar-refractivity contribution >= 4 is 17.1 Å². The largest absolute Gasteiger partial charge is 0.397 e. The number of nitrogens with one attached hydrogen (secondary N) is 1. The van der Waals surface area contributed by atoms with E-state index >= 15 is 0 Å². The van der Waals surface area contributed by atoms with Crippen molar-refractivity contribution < 1.29 is 0 Å². The van der Waals surface area contributed by atoms with Crippen molar-refractivity contribution in [2.45, 2.75) is 6.42 Å². The Balaban J connectivity index is 1.88. The summed E-state index contributed by atoms with van der Waals surface area (Å²) in [5, 5.41) is 3.31. The van der Waals surface area contributed by atoms with E-state index in [0.717, 1.165) is 18.7 Å². The van der Waals surface area contributed by atoms with Crippen LogP contribution in [-0.4, -0.2) is 11.5 Å². The Morgan fingerprint density at radius 2 is 1.76 bits per heavy atom. The van der Waals surface area contributed by atoms with Gasteiger partial charge in [-0.15, -0.1) is 0 Å². The summed E-state index contributed by atoms with van der Waals surface area (Å²) < 4.78 is 0. The van der Waals surface area contributed by atoms with Crippen molar-refractivity contribution in [3.63, 3.8) is 0 Å². The van der Waals surface area contributed by atoms with Gasteiger partial charge in [0.25, 0.3) is 0 Å². The molecule has 4 nitrogen and oxygen atoms in total. The van der Waals surface area contributed by atoms with E-state index in [2.05, 4.69) is 10.3 Å². The van der Waals surface area contributed by atoms with E-state index in [1.165, 1.54) is 5.56 Å². The monoisotopic (exact) mass is 228 g/mol. The second-order valence-corrected chi connectivity index (χ2v) is 3.88. The van der Waals surface area contributed by atoms with Crippen molar-refractivity contribution in [3.8, 4) is 0 Å². The van der Waals surface area contributed by atoms with Crippen molar-refractivity contribution in [2.24, 2.45) is 0 Å². The number of pyridine rings is 1.